The van der Waals surface area contributed by atoms with Crippen LogP contribution in [0.1, 0.15) is 40.0 Å². The van der Waals surface area contributed by atoms with E-state index in [1.54, 1.807) is 0 Å². The Balaban J connectivity index is 2.16. The van der Waals surface area contributed by atoms with Crippen molar-refractivity contribution < 1.29 is 24.9 Å². The third kappa shape index (κ3) is 1.41. The number of aliphatic hydroxyl groups is 2. The molecule has 0 unspecified atom stereocenters. The minimum atomic E-state index is -1.77. The number of aliphatic carboxylic acids is 1. The summed E-state index contributed by atoms with van der Waals surface area (Å²) in [7, 11) is 0. The van der Waals surface area contributed by atoms with Crippen molar-refractivity contribution in [3.05, 3.63) is 11.6 Å². The van der Waals surface area contributed by atoms with Crippen LogP contribution in [0.2, 0.25) is 0 Å². The van der Waals surface area contributed by atoms with Gasteiger partial charge < -0.3 is 20.1 Å². The molecule has 5 nitrogen and oxygen atoms in total. The van der Waals surface area contributed by atoms with E-state index >= 15 is 0 Å². The summed E-state index contributed by atoms with van der Waals surface area (Å²) in [5, 5.41) is 30.5. The van der Waals surface area contributed by atoms with Crippen LogP contribution in [0, 0.1) is 17.3 Å². The molecular weight excluding hydrogens is 260 g/mol. The number of hydrogen-bond acceptors (Lipinski definition) is 4. The first-order valence-corrected chi connectivity index (χ1v) is 7.22. The molecular formula is C15H22O5. The zero-order valence-corrected chi connectivity index (χ0v) is 12.1. The molecule has 2 aliphatic heterocycles. The van der Waals surface area contributed by atoms with E-state index in [-0.39, 0.29) is 17.9 Å². The Hall–Kier alpha value is -0.910. The van der Waals surface area contributed by atoms with Crippen LogP contribution in [0.3, 0.4) is 0 Å². The van der Waals surface area contributed by atoms with Crippen molar-refractivity contribution in [2.45, 2.75) is 57.5 Å². The number of rotatable bonds is 2. The SMILES string of the molecule is CC(C)[C@H]1CC[C@]2(C)C[C@]3(O)O[C@]12[C@@H](O)C=C3C(=O)O. The normalized spacial score (nSPS) is 50.2. The van der Waals surface area contributed by atoms with Gasteiger partial charge in [0, 0.05) is 11.8 Å². The van der Waals surface area contributed by atoms with Crippen molar-refractivity contribution in [1.29, 1.82) is 0 Å². The molecule has 0 amide bonds. The molecule has 2 bridgehead atoms. The fraction of sp³-hybridized carbons (Fsp3) is 0.800. The fourth-order valence-electron chi connectivity index (χ4n) is 4.87. The van der Waals surface area contributed by atoms with Crippen molar-refractivity contribution in [2.75, 3.05) is 0 Å². The van der Waals surface area contributed by atoms with Gasteiger partial charge in [0.1, 0.15) is 11.7 Å². The maximum Gasteiger partial charge on any atom is 0.336 e. The van der Waals surface area contributed by atoms with Gasteiger partial charge >= 0.3 is 5.97 Å². The van der Waals surface area contributed by atoms with Gasteiger partial charge in [0.25, 0.3) is 0 Å². The number of carboxylic acids is 1. The largest absolute Gasteiger partial charge is 0.478 e. The number of fused-ring (bicyclic) bond motifs is 1. The highest BCUT2D eigenvalue weighted by molar-refractivity contribution is 5.89. The molecule has 112 valence electrons. The van der Waals surface area contributed by atoms with Gasteiger partial charge in [-0.2, -0.15) is 0 Å². The van der Waals surface area contributed by atoms with Crippen LogP contribution in [0.4, 0.5) is 0 Å². The van der Waals surface area contributed by atoms with E-state index in [0.717, 1.165) is 12.8 Å². The summed E-state index contributed by atoms with van der Waals surface area (Å²) >= 11 is 0. The van der Waals surface area contributed by atoms with E-state index in [1.807, 2.05) is 6.92 Å². The molecule has 1 aliphatic carbocycles. The highest BCUT2D eigenvalue weighted by atomic mass is 16.7. The standard InChI is InChI=1S/C15H22O5/c1-8(2)9-4-5-13(3)7-14(19)10(12(17)18)6-11(16)15(9,13)20-14/h6,8-9,11,16,19H,4-5,7H2,1-3H3,(H,17,18)/t9-,11+,13-,14+,15+/m1/s1. The van der Waals surface area contributed by atoms with Crippen LogP contribution < -0.4 is 0 Å². The minimum absolute atomic E-state index is 0.114. The third-order valence-corrected chi connectivity index (χ3v) is 5.69. The molecule has 0 aromatic carbocycles. The summed E-state index contributed by atoms with van der Waals surface area (Å²) in [6, 6.07) is 0. The van der Waals surface area contributed by atoms with Crippen LogP contribution in [-0.4, -0.2) is 38.8 Å². The number of hydrogen-bond donors (Lipinski definition) is 3. The third-order valence-electron chi connectivity index (χ3n) is 5.69. The Bertz CT molecular complexity index is 498. The molecule has 5 heteroatoms. The van der Waals surface area contributed by atoms with Crippen molar-refractivity contribution in [3.8, 4) is 0 Å². The maximum atomic E-state index is 11.3. The zero-order chi connectivity index (χ0) is 14.9. The predicted molar refractivity (Wildman–Crippen MR) is 70.8 cm³/mol. The number of carboxylic acid groups (broad SMARTS) is 1. The first-order valence-electron chi connectivity index (χ1n) is 7.22. The average Bonchev–Trinajstić information content (AvgIpc) is 2.67. The number of carbonyl (C=O) groups is 1. The molecule has 1 saturated carbocycles. The zero-order valence-electron chi connectivity index (χ0n) is 12.1. The van der Waals surface area contributed by atoms with Gasteiger partial charge in [-0.15, -0.1) is 0 Å². The second-order valence-electron chi connectivity index (χ2n) is 7.14. The van der Waals surface area contributed by atoms with E-state index in [1.165, 1.54) is 6.08 Å². The second kappa shape index (κ2) is 3.84. The number of ether oxygens (including phenoxy) is 1. The van der Waals surface area contributed by atoms with E-state index in [0.29, 0.717) is 5.92 Å². The Labute approximate surface area is 118 Å². The van der Waals surface area contributed by atoms with Crippen molar-refractivity contribution >= 4 is 5.97 Å². The summed E-state index contributed by atoms with van der Waals surface area (Å²) in [5.41, 5.74) is -1.49. The molecule has 2 fully saturated rings. The second-order valence-corrected chi connectivity index (χ2v) is 7.14. The lowest BCUT2D eigenvalue weighted by Gasteiger charge is -2.47. The summed E-state index contributed by atoms with van der Waals surface area (Å²) in [6.07, 6.45) is 2.29. The van der Waals surface area contributed by atoms with Gasteiger partial charge in [-0.1, -0.05) is 20.8 Å². The Morgan fingerprint density at radius 2 is 2.15 bits per heavy atom. The van der Waals surface area contributed by atoms with Crippen LogP contribution in [0.25, 0.3) is 0 Å². The van der Waals surface area contributed by atoms with Crippen molar-refractivity contribution in [1.82, 2.24) is 0 Å². The molecule has 3 rings (SSSR count). The first kappa shape index (κ1) is 14.0. The average molecular weight is 282 g/mol. The van der Waals surface area contributed by atoms with E-state index in [2.05, 4.69) is 13.8 Å². The van der Waals surface area contributed by atoms with Gasteiger partial charge in [0.15, 0.2) is 0 Å². The van der Waals surface area contributed by atoms with Crippen molar-refractivity contribution in [3.63, 3.8) is 0 Å². The first-order chi connectivity index (χ1) is 9.16. The maximum absolute atomic E-state index is 11.3. The molecule has 0 aromatic heterocycles. The quantitative estimate of drug-likeness (QED) is 0.710. The molecule has 5 atom stereocenters. The smallest absolute Gasteiger partial charge is 0.336 e. The minimum Gasteiger partial charge on any atom is -0.478 e. The summed E-state index contributed by atoms with van der Waals surface area (Å²) in [5.74, 6) is -2.59. The highest BCUT2D eigenvalue weighted by Gasteiger charge is 2.74. The van der Waals surface area contributed by atoms with Gasteiger partial charge in [-0.05, 0) is 30.8 Å². The van der Waals surface area contributed by atoms with Gasteiger partial charge in [0.05, 0.1) is 5.57 Å². The Morgan fingerprint density at radius 3 is 2.70 bits per heavy atom. The predicted octanol–water partition coefficient (Wildman–Crippen LogP) is 1.29. The molecule has 0 aromatic rings. The topological polar surface area (TPSA) is 87.0 Å². The van der Waals surface area contributed by atoms with Crippen molar-refractivity contribution in [2.24, 2.45) is 17.3 Å². The summed E-state index contributed by atoms with van der Waals surface area (Å²) in [4.78, 5) is 11.3. The molecule has 2 heterocycles. The van der Waals surface area contributed by atoms with Crippen LogP contribution in [0.15, 0.2) is 11.6 Å². The molecule has 3 aliphatic rings. The lowest BCUT2D eigenvalue weighted by atomic mass is 9.67. The lowest BCUT2D eigenvalue weighted by molar-refractivity contribution is -0.255. The number of aliphatic hydroxyl groups excluding tert-OH is 1. The Kier molecular flexibility index (Phi) is 2.70. The van der Waals surface area contributed by atoms with E-state index in [4.69, 9.17) is 4.74 Å². The summed E-state index contributed by atoms with van der Waals surface area (Å²) in [6.45, 7) is 6.15. The highest BCUT2D eigenvalue weighted by Crippen LogP contribution is 2.67. The van der Waals surface area contributed by atoms with Crippen LogP contribution >= 0.6 is 0 Å². The van der Waals surface area contributed by atoms with Crippen LogP contribution in [-0.2, 0) is 9.53 Å². The lowest BCUT2D eigenvalue weighted by Crippen LogP contribution is -2.57. The molecule has 1 spiro atoms. The van der Waals surface area contributed by atoms with E-state index in [9.17, 15) is 20.1 Å². The monoisotopic (exact) mass is 282 g/mol. The molecule has 20 heavy (non-hydrogen) atoms. The van der Waals surface area contributed by atoms with E-state index < -0.39 is 28.9 Å². The fourth-order valence-corrected chi connectivity index (χ4v) is 4.87. The summed E-state index contributed by atoms with van der Waals surface area (Å²) < 4.78 is 5.92. The molecule has 1 saturated heterocycles. The molecule has 3 N–H and O–H groups in total. The van der Waals surface area contributed by atoms with Gasteiger partial charge in [-0.3, -0.25) is 0 Å². The van der Waals surface area contributed by atoms with Crippen LogP contribution in [0.5, 0.6) is 0 Å². The molecule has 0 radical (unpaired) electrons. The van der Waals surface area contributed by atoms with Gasteiger partial charge in [-0.25, -0.2) is 4.79 Å². The van der Waals surface area contributed by atoms with Gasteiger partial charge in [0.2, 0.25) is 5.79 Å². The Morgan fingerprint density at radius 1 is 1.50 bits per heavy atom.